The molecule has 0 saturated heterocycles. The average Bonchev–Trinajstić information content (AvgIpc) is 3.25. The van der Waals surface area contributed by atoms with E-state index in [1.54, 1.807) is 7.11 Å². The predicted molar refractivity (Wildman–Crippen MR) is 110 cm³/mol. The van der Waals surface area contributed by atoms with Crippen molar-refractivity contribution in [2.24, 2.45) is 0 Å². The summed E-state index contributed by atoms with van der Waals surface area (Å²) < 4.78 is 7.19. The van der Waals surface area contributed by atoms with Crippen molar-refractivity contribution >= 4 is 22.2 Å². The van der Waals surface area contributed by atoms with Crippen molar-refractivity contribution in [1.29, 1.82) is 0 Å². The summed E-state index contributed by atoms with van der Waals surface area (Å²) in [7, 11) is 1.65. The van der Waals surface area contributed by atoms with Gasteiger partial charge in [0.25, 0.3) is 5.91 Å². The molecule has 2 heterocycles. The van der Waals surface area contributed by atoms with Crippen LogP contribution in [0.1, 0.15) is 29.2 Å². The number of imidazole rings is 1. The Bertz CT molecular complexity index is 910. The number of nitrogens with one attached hydrogen (secondary N) is 1. The molecule has 0 aliphatic carbocycles. The molecule has 1 aromatic carbocycles. The summed E-state index contributed by atoms with van der Waals surface area (Å²) >= 11 is 1.43. The van der Waals surface area contributed by atoms with Gasteiger partial charge in [0.2, 0.25) is 0 Å². The highest BCUT2D eigenvalue weighted by Gasteiger charge is 2.18. The first-order chi connectivity index (χ1) is 13.1. The number of aryl methyl sites for hydroxylation is 1. The standard InChI is InChI=1S/C20H26N4O2S/c1-5-23(6-2)12-11-21-19(25)18-14(3)24-13-17(22-20(24)27-18)15-7-9-16(26-4)10-8-15/h7-10,13H,5-6,11-12H2,1-4H3,(H,21,25). The van der Waals surface area contributed by atoms with Gasteiger partial charge in [0, 0.05) is 30.5 Å². The van der Waals surface area contributed by atoms with Crippen molar-refractivity contribution in [1.82, 2.24) is 19.6 Å². The van der Waals surface area contributed by atoms with Crippen LogP contribution < -0.4 is 10.1 Å². The van der Waals surface area contributed by atoms with Crippen molar-refractivity contribution in [2.45, 2.75) is 20.8 Å². The number of rotatable bonds is 8. The molecule has 0 unspecified atom stereocenters. The lowest BCUT2D eigenvalue weighted by Crippen LogP contribution is -2.34. The Kier molecular flexibility index (Phi) is 6.13. The smallest absolute Gasteiger partial charge is 0.263 e. The van der Waals surface area contributed by atoms with E-state index >= 15 is 0 Å². The summed E-state index contributed by atoms with van der Waals surface area (Å²) in [6, 6.07) is 7.82. The minimum absolute atomic E-state index is 0.0267. The normalized spacial score (nSPS) is 11.3. The second-order valence-electron chi connectivity index (χ2n) is 6.31. The molecule has 1 N–H and O–H groups in total. The molecule has 0 spiro atoms. The minimum atomic E-state index is -0.0267. The Hall–Kier alpha value is -2.38. The third-order valence-corrected chi connectivity index (χ3v) is 5.91. The summed E-state index contributed by atoms with van der Waals surface area (Å²) in [4.78, 5) is 21.1. The number of hydrogen-bond acceptors (Lipinski definition) is 5. The quantitative estimate of drug-likeness (QED) is 0.644. The van der Waals surface area contributed by atoms with Crippen LogP contribution in [0.5, 0.6) is 5.75 Å². The van der Waals surface area contributed by atoms with Crippen molar-refractivity contribution < 1.29 is 9.53 Å². The van der Waals surface area contributed by atoms with Gasteiger partial charge in [-0.25, -0.2) is 4.98 Å². The Morgan fingerprint density at radius 2 is 1.96 bits per heavy atom. The highest BCUT2D eigenvalue weighted by molar-refractivity contribution is 7.19. The number of methoxy groups -OCH3 is 1. The average molecular weight is 387 g/mol. The number of likely N-dealkylation sites (N-methyl/N-ethyl adjacent to an activating group) is 1. The second kappa shape index (κ2) is 8.54. The van der Waals surface area contributed by atoms with E-state index in [1.807, 2.05) is 41.8 Å². The second-order valence-corrected chi connectivity index (χ2v) is 7.28. The van der Waals surface area contributed by atoms with Crippen molar-refractivity contribution in [3.63, 3.8) is 0 Å². The number of benzene rings is 1. The van der Waals surface area contributed by atoms with Crippen LogP contribution >= 0.6 is 11.3 Å². The van der Waals surface area contributed by atoms with Crippen LogP contribution in [-0.4, -0.2) is 53.5 Å². The number of amides is 1. The number of thiazole rings is 1. The molecule has 27 heavy (non-hydrogen) atoms. The number of fused-ring (bicyclic) bond motifs is 1. The molecule has 0 aliphatic rings. The van der Waals surface area contributed by atoms with Gasteiger partial charge in [-0.3, -0.25) is 9.20 Å². The lowest BCUT2D eigenvalue weighted by atomic mass is 10.2. The van der Waals surface area contributed by atoms with Gasteiger partial charge in [-0.1, -0.05) is 25.2 Å². The zero-order chi connectivity index (χ0) is 19.4. The van der Waals surface area contributed by atoms with Gasteiger partial charge in [-0.2, -0.15) is 0 Å². The molecule has 3 aromatic rings. The Morgan fingerprint density at radius 3 is 2.56 bits per heavy atom. The van der Waals surface area contributed by atoms with Gasteiger partial charge in [-0.15, -0.1) is 0 Å². The summed E-state index contributed by atoms with van der Waals surface area (Å²) in [6.45, 7) is 9.72. The molecule has 7 heteroatoms. The molecular weight excluding hydrogens is 360 g/mol. The first-order valence-corrected chi connectivity index (χ1v) is 10.0. The minimum Gasteiger partial charge on any atom is -0.497 e. The first-order valence-electron chi connectivity index (χ1n) is 9.20. The summed E-state index contributed by atoms with van der Waals surface area (Å²) in [5, 5.41) is 3.02. The Balaban J connectivity index is 1.74. The highest BCUT2D eigenvalue weighted by Crippen LogP contribution is 2.28. The lowest BCUT2D eigenvalue weighted by Gasteiger charge is -2.17. The van der Waals surface area contributed by atoms with E-state index < -0.39 is 0 Å². The van der Waals surface area contributed by atoms with Gasteiger partial charge in [-0.05, 0) is 44.3 Å². The van der Waals surface area contributed by atoms with Crippen LogP contribution in [0.15, 0.2) is 30.5 Å². The summed E-state index contributed by atoms with van der Waals surface area (Å²) in [5.74, 6) is 0.792. The van der Waals surface area contributed by atoms with Gasteiger partial charge in [0.05, 0.1) is 12.8 Å². The maximum Gasteiger partial charge on any atom is 0.263 e. The largest absolute Gasteiger partial charge is 0.497 e. The molecule has 0 fully saturated rings. The zero-order valence-electron chi connectivity index (χ0n) is 16.3. The van der Waals surface area contributed by atoms with E-state index in [-0.39, 0.29) is 5.91 Å². The van der Waals surface area contributed by atoms with Crippen LogP contribution in [0.2, 0.25) is 0 Å². The predicted octanol–water partition coefficient (Wildman–Crippen LogP) is 3.45. The number of hydrogen-bond donors (Lipinski definition) is 1. The number of carbonyl (C=O) groups is 1. The number of carbonyl (C=O) groups excluding carboxylic acids is 1. The number of aromatic nitrogens is 2. The SMILES string of the molecule is CCN(CC)CCNC(=O)c1sc2nc(-c3ccc(OC)cc3)cn2c1C. The van der Waals surface area contributed by atoms with Gasteiger partial charge in [0.1, 0.15) is 10.6 Å². The van der Waals surface area contributed by atoms with E-state index in [0.717, 1.165) is 52.2 Å². The zero-order valence-corrected chi connectivity index (χ0v) is 17.1. The molecule has 0 aliphatic heterocycles. The Labute approximate surface area is 163 Å². The first kappa shape index (κ1) is 19.4. The third-order valence-electron chi connectivity index (χ3n) is 4.76. The fourth-order valence-corrected chi connectivity index (χ4v) is 4.03. The fraction of sp³-hybridized carbons (Fsp3) is 0.400. The molecule has 0 saturated carbocycles. The molecule has 1 amide bonds. The summed E-state index contributed by atoms with van der Waals surface area (Å²) in [5.41, 5.74) is 2.83. The van der Waals surface area contributed by atoms with E-state index in [2.05, 4.69) is 29.0 Å². The van der Waals surface area contributed by atoms with E-state index in [1.165, 1.54) is 11.3 Å². The van der Waals surface area contributed by atoms with E-state index in [9.17, 15) is 4.79 Å². The molecule has 2 aromatic heterocycles. The number of ether oxygens (including phenoxy) is 1. The van der Waals surface area contributed by atoms with E-state index in [0.29, 0.717) is 6.54 Å². The Morgan fingerprint density at radius 1 is 1.26 bits per heavy atom. The molecule has 0 atom stereocenters. The van der Waals surface area contributed by atoms with Crippen LogP contribution in [-0.2, 0) is 0 Å². The molecule has 144 valence electrons. The maximum absolute atomic E-state index is 12.5. The molecule has 6 nitrogen and oxygen atoms in total. The van der Waals surface area contributed by atoms with Gasteiger partial charge < -0.3 is 15.0 Å². The van der Waals surface area contributed by atoms with Crippen LogP contribution in [0.4, 0.5) is 0 Å². The molecule has 0 bridgehead atoms. The van der Waals surface area contributed by atoms with Gasteiger partial charge in [0.15, 0.2) is 4.96 Å². The maximum atomic E-state index is 12.5. The van der Waals surface area contributed by atoms with Crippen molar-refractivity contribution in [2.75, 3.05) is 33.3 Å². The van der Waals surface area contributed by atoms with E-state index in [4.69, 9.17) is 4.74 Å². The topological polar surface area (TPSA) is 58.9 Å². The third kappa shape index (κ3) is 4.14. The van der Waals surface area contributed by atoms with Crippen LogP contribution in [0.25, 0.3) is 16.2 Å². The molecular formula is C20H26N4O2S. The monoisotopic (exact) mass is 386 g/mol. The van der Waals surface area contributed by atoms with Gasteiger partial charge >= 0.3 is 0 Å². The van der Waals surface area contributed by atoms with Crippen LogP contribution in [0, 0.1) is 6.92 Å². The fourth-order valence-electron chi connectivity index (χ4n) is 3.01. The van der Waals surface area contributed by atoms with Crippen LogP contribution in [0.3, 0.4) is 0 Å². The highest BCUT2D eigenvalue weighted by atomic mass is 32.1. The van der Waals surface area contributed by atoms with Crippen molar-refractivity contribution in [3.8, 4) is 17.0 Å². The molecule has 3 rings (SSSR count). The lowest BCUT2D eigenvalue weighted by molar-refractivity contribution is 0.0952. The number of nitrogens with zero attached hydrogens (tertiary/aromatic N) is 3. The van der Waals surface area contributed by atoms with Crippen molar-refractivity contribution in [3.05, 3.63) is 41.0 Å². The molecule has 0 radical (unpaired) electrons. The summed E-state index contributed by atoms with van der Waals surface area (Å²) in [6.07, 6.45) is 1.98.